The molecule has 0 amide bonds. The maximum absolute atomic E-state index is 13.3. The highest BCUT2D eigenvalue weighted by Crippen LogP contribution is 2.23. The third-order valence-corrected chi connectivity index (χ3v) is 6.75. The molecule has 0 saturated carbocycles. The minimum atomic E-state index is -0.122. The first-order chi connectivity index (χ1) is 17.5. The summed E-state index contributed by atoms with van der Waals surface area (Å²) in [6.45, 7) is 12.8. The average molecular weight is 487 g/mol. The van der Waals surface area contributed by atoms with Crippen LogP contribution >= 0.6 is 0 Å². The highest BCUT2D eigenvalue weighted by atomic mass is 16.1. The van der Waals surface area contributed by atoms with Crippen molar-refractivity contribution in [2.45, 2.75) is 53.2 Å². The number of benzene rings is 1. The second kappa shape index (κ2) is 10.2. The van der Waals surface area contributed by atoms with E-state index in [0.717, 1.165) is 50.5 Å². The van der Waals surface area contributed by atoms with E-state index in [-0.39, 0.29) is 11.6 Å². The fourth-order valence-electron chi connectivity index (χ4n) is 4.78. The van der Waals surface area contributed by atoms with Crippen LogP contribution in [0.15, 0.2) is 47.4 Å². The first-order valence-electron chi connectivity index (χ1n) is 12.8. The summed E-state index contributed by atoms with van der Waals surface area (Å²) in [5.74, 6) is 1.12. The maximum Gasteiger partial charge on any atom is 0.278 e. The molecule has 0 saturated heterocycles. The van der Waals surface area contributed by atoms with Crippen LogP contribution in [0.1, 0.15) is 50.6 Å². The SMILES string of the molecule is CCN(CC)Cc1cccc(-n2c3nc(Nc4ccc5c(c4)CCNC5)ncc3c(=O)n2C(C)C)n1. The average Bonchev–Trinajstić information content (AvgIpc) is 3.19. The normalized spacial score (nSPS) is 13.5. The van der Waals surface area contributed by atoms with Crippen LogP contribution in [0.2, 0.25) is 0 Å². The molecule has 0 atom stereocenters. The third-order valence-electron chi connectivity index (χ3n) is 6.75. The van der Waals surface area contributed by atoms with Crippen molar-refractivity contribution in [2.24, 2.45) is 0 Å². The number of hydrogen-bond donors (Lipinski definition) is 2. The van der Waals surface area contributed by atoms with E-state index < -0.39 is 0 Å². The van der Waals surface area contributed by atoms with Crippen molar-refractivity contribution in [3.63, 3.8) is 0 Å². The molecule has 9 nitrogen and oxygen atoms in total. The highest BCUT2D eigenvalue weighted by molar-refractivity contribution is 5.77. The Hall–Kier alpha value is -3.56. The predicted octanol–water partition coefficient (Wildman–Crippen LogP) is 3.79. The van der Waals surface area contributed by atoms with Crippen LogP contribution in [0.5, 0.6) is 0 Å². The van der Waals surface area contributed by atoms with Crippen LogP contribution in [0.4, 0.5) is 11.6 Å². The summed E-state index contributed by atoms with van der Waals surface area (Å²) in [7, 11) is 0. The monoisotopic (exact) mass is 486 g/mol. The lowest BCUT2D eigenvalue weighted by Crippen LogP contribution is -2.25. The van der Waals surface area contributed by atoms with Crippen LogP contribution in [0, 0.1) is 0 Å². The van der Waals surface area contributed by atoms with Gasteiger partial charge in [0.1, 0.15) is 5.39 Å². The van der Waals surface area contributed by atoms with E-state index in [1.165, 1.54) is 11.1 Å². The van der Waals surface area contributed by atoms with Crippen LogP contribution < -0.4 is 16.2 Å². The molecule has 1 aliphatic heterocycles. The molecule has 4 aromatic rings. The Morgan fingerprint density at radius 2 is 1.94 bits per heavy atom. The first-order valence-corrected chi connectivity index (χ1v) is 12.8. The number of aromatic nitrogens is 5. The summed E-state index contributed by atoms with van der Waals surface area (Å²) >= 11 is 0. The van der Waals surface area contributed by atoms with Gasteiger partial charge in [0.05, 0.1) is 5.69 Å². The Kier molecular flexibility index (Phi) is 6.84. The molecule has 188 valence electrons. The molecular formula is C27H34N8O. The predicted molar refractivity (Wildman–Crippen MR) is 143 cm³/mol. The van der Waals surface area contributed by atoms with Crippen LogP contribution in [0.3, 0.4) is 0 Å². The van der Waals surface area contributed by atoms with Gasteiger partial charge in [0.15, 0.2) is 11.5 Å². The lowest BCUT2D eigenvalue weighted by molar-refractivity contribution is 0.292. The van der Waals surface area contributed by atoms with Gasteiger partial charge < -0.3 is 10.6 Å². The molecule has 0 spiro atoms. The summed E-state index contributed by atoms with van der Waals surface area (Å²) < 4.78 is 3.54. The summed E-state index contributed by atoms with van der Waals surface area (Å²) in [5.41, 5.74) is 4.96. The number of rotatable bonds is 8. The van der Waals surface area contributed by atoms with Gasteiger partial charge in [0, 0.05) is 31.0 Å². The zero-order valence-corrected chi connectivity index (χ0v) is 21.5. The molecule has 1 aliphatic rings. The van der Waals surface area contributed by atoms with Gasteiger partial charge in [-0.15, -0.1) is 0 Å². The minimum Gasteiger partial charge on any atom is -0.324 e. The molecule has 3 aromatic heterocycles. The van der Waals surface area contributed by atoms with Crippen molar-refractivity contribution in [2.75, 3.05) is 25.0 Å². The van der Waals surface area contributed by atoms with E-state index in [0.29, 0.717) is 22.8 Å². The zero-order valence-electron chi connectivity index (χ0n) is 21.5. The standard InChI is InChI=1S/C27H34N8O/c1-5-33(6-2)17-22-8-7-9-24(30-22)35-25-23(26(36)34(35)18(3)4)16-29-27(32-25)31-21-11-10-20-15-28-13-12-19(20)14-21/h7-11,14,16,18,28H,5-6,12-13,15,17H2,1-4H3,(H,29,31,32). The Labute approximate surface area is 211 Å². The second-order valence-electron chi connectivity index (χ2n) is 9.47. The van der Waals surface area contributed by atoms with Gasteiger partial charge in [0.25, 0.3) is 5.56 Å². The van der Waals surface area contributed by atoms with Crippen molar-refractivity contribution < 1.29 is 0 Å². The number of hydrogen-bond acceptors (Lipinski definition) is 7. The third kappa shape index (κ3) is 4.64. The molecular weight excluding hydrogens is 452 g/mol. The molecule has 0 fully saturated rings. The first kappa shape index (κ1) is 24.1. The topological polar surface area (TPSA) is 92.9 Å². The molecule has 1 aromatic carbocycles. The Bertz CT molecular complexity index is 1430. The van der Waals surface area contributed by atoms with E-state index in [2.05, 4.69) is 46.5 Å². The van der Waals surface area contributed by atoms with Crippen molar-refractivity contribution in [1.29, 1.82) is 0 Å². The Morgan fingerprint density at radius 1 is 1.11 bits per heavy atom. The molecule has 0 unspecified atom stereocenters. The van der Waals surface area contributed by atoms with Crippen LogP contribution in [0.25, 0.3) is 16.9 Å². The summed E-state index contributed by atoms with van der Waals surface area (Å²) in [5, 5.41) is 7.22. The van der Waals surface area contributed by atoms with E-state index >= 15 is 0 Å². The molecule has 5 rings (SSSR count). The lowest BCUT2D eigenvalue weighted by atomic mass is 10.0. The molecule has 2 N–H and O–H groups in total. The van der Waals surface area contributed by atoms with Crippen LogP contribution in [-0.2, 0) is 19.5 Å². The van der Waals surface area contributed by atoms with Gasteiger partial charge in [-0.25, -0.2) is 19.3 Å². The van der Waals surface area contributed by atoms with Crippen molar-refractivity contribution in [1.82, 2.24) is 34.5 Å². The summed E-state index contributed by atoms with van der Waals surface area (Å²) in [6, 6.07) is 12.2. The quantitative estimate of drug-likeness (QED) is 0.391. The van der Waals surface area contributed by atoms with Gasteiger partial charge in [-0.05, 0) is 75.3 Å². The Balaban J connectivity index is 1.57. The smallest absolute Gasteiger partial charge is 0.278 e. The number of nitrogens with one attached hydrogen (secondary N) is 2. The van der Waals surface area contributed by atoms with Gasteiger partial charge in [-0.3, -0.25) is 9.69 Å². The van der Waals surface area contributed by atoms with E-state index in [1.54, 1.807) is 10.9 Å². The van der Waals surface area contributed by atoms with Gasteiger partial charge >= 0.3 is 0 Å². The molecule has 0 aliphatic carbocycles. The number of anilines is 2. The molecule has 9 heteroatoms. The summed E-state index contributed by atoms with van der Waals surface area (Å²) in [6.07, 6.45) is 2.61. The van der Waals surface area contributed by atoms with Gasteiger partial charge in [-0.2, -0.15) is 4.98 Å². The van der Waals surface area contributed by atoms with Gasteiger partial charge in [0.2, 0.25) is 5.95 Å². The minimum absolute atomic E-state index is 0.0781. The van der Waals surface area contributed by atoms with Crippen LogP contribution in [-0.4, -0.2) is 48.8 Å². The lowest BCUT2D eigenvalue weighted by Gasteiger charge is -2.19. The fraction of sp³-hybridized carbons (Fsp3) is 0.407. The van der Waals surface area contributed by atoms with E-state index in [4.69, 9.17) is 9.97 Å². The largest absolute Gasteiger partial charge is 0.324 e. The van der Waals surface area contributed by atoms with Gasteiger partial charge in [-0.1, -0.05) is 26.0 Å². The molecule has 0 radical (unpaired) electrons. The Morgan fingerprint density at radius 3 is 2.72 bits per heavy atom. The fourth-order valence-corrected chi connectivity index (χ4v) is 4.78. The van der Waals surface area contributed by atoms with Crippen molar-refractivity contribution in [3.8, 4) is 5.82 Å². The molecule has 4 heterocycles. The van der Waals surface area contributed by atoms with E-state index in [1.807, 2.05) is 42.8 Å². The number of pyridine rings is 1. The molecule has 0 bridgehead atoms. The highest BCUT2D eigenvalue weighted by Gasteiger charge is 2.20. The second-order valence-corrected chi connectivity index (χ2v) is 9.47. The number of nitrogens with zero attached hydrogens (tertiary/aromatic N) is 6. The summed E-state index contributed by atoms with van der Waals surface area (Å²) in [4.78, 5) is 29.9. The van der Waals surface area contributed by atoms with Crippen molar-refractivity contribution >= 4 is 22.7 Å². The molecule has 36 heavy (non-hydrogen) atoms. The zero-order chi connectivity index (χ0) is 25.2. The number of fused-ring (bicyclic) bond motifs is 2. The van der Waals surface area contributed by atoms with Crippen molar-refractivity contribution in [3.05, 3.63) is 69.8 Å². The maximum atomic E-state index is 13.3. The van der Waals surface area contributed by atoms with E-state index in [9.17, 15) is 4.79 Å².